The van der Waals surface area contributed by atoms with Crippen LogP contribution in [0.25, 0.3) is 0 Å². The summed E-state index contributed by atoms with van der Waals surface area (Å²) in [6.45, 7) is 2.81. The molecule has 100 valence electrons. The molecule has 1 heterocycles. The van der Waals surface area contributed by atoms with Crippen molar-refractivity contribution in [2.24, 2.45) is 0 Å². The summed E-state index contributed by atoms with van der Waals surface area (Å²) in [6.07, 6.45) is 1.89. The fourth-order valence-electron chi connectivity index (χ4n) is 2.36. The first-order valence-corrected chi connectivity index (χ1v) is 6.11. The van der Waals surface area contributed by atoms with Crippen molar-refractivity contribution in [3.63, 3.8) is 0 Å². The molecule has 18 heavy (non-hydrogen) atoms. The van der Waals surface area contributed by atoms with Crippen LogP contribution in [0.4, 0.5) is 20.2 Å². The van der Waals surface area contributed by atoms with Gasteiger partial charge < -0.3 is 15.7 Å². The Kier molecular flexibility index (Phi) is 3.43. The molecule has 1 aliphatic heterocycles. The number of hydrogen-bond donors (Lipinski definition) is 2. The van der Waals surface area contributed by atoms with Crippen LogP contribution in [-0.2, 0) is 0 Å². The van der Waals surface area contributed by atoms with Gasteiger partial charge in [-0.3, -0.25) is 0 Å². The van der Waals surface area contributed by atoms with E-state index in [1.54, 1.807) is 11.8 Å². The van der Waals surface area contributed by atoms with E-state index in [9.17, 15) is 13.9 Å². The van der Waals surface area contributed by atoms with Crippen molar-refractivity contribution >= 4 is 11.4 Å². The average molecular weight is 256 g/mol. The van der Waals surface area contributed by atoms with Crippen LogP contribution in [0.3, 0.4) is 0 Å². The smallest absolute Gasteiger partial charge is 0.184 e. The summed E-state index contributed by atoms with van der Waals surface area (Å²) in [6, 6.07) is 2.40. The molecule has 0 saturated carbocycles. The number of anilines is 2. The second-order valence-corrected chi connectivity index (χ2v) is 5.14. The van der Waals surface area contributed by atoms with Crippen LogP contribution < -0.4 is 10.6 Å². The number of hydrogen-bond acceptors (Lipinski definition) is 3. The van der Waals surface area contributed by atoms with Crippen molar-refractivity contribution in [1.29, 1.82) is 0 Å². The Bertz CT molecular complexity index is 449. The number of halogens is 2. The van der Waals surface area contributed by atoms with Crippen molar-refractivity contribution in [3.05, 3.63) is 23.8 Å². The normalized spacial score (nSPS) is 25.0. The Hall–Kier alpha value is -1.36. The van der Waals surface area contributed by atoms with Gasteiger partial charge in [0.15, 0.2) is 11.6 Å². The monoisotopic (exact) mass is 256 g/mol. The zero-order valence-corrected chi connectivity index (χ0v) is 10.4. The summed E-state index contributed by atoms with van der Waals surface area (Å²) < 4.78 is 27.1. The highest BCUT2D eigenvalue weighted by Crippen LogP contribution is 2.32. The highest BCUT2D eigenvalue weighted by molar-refractivity contribution is 5.68. The van der Waals surface area contributed by atoms with E-state index in [0.717, 1.165) is 12.5 Å². The maximum atomic E-state index is 13.8. The van der Waals surface area contributed by atoms with Gasteiger partial charge in [-0.2, -0.15) is 0 Å². The number of nitrogen functional groups attached to an aromatic ring is 1. The van der Waals surface area contributed by atoms with Crippen LogP contribution in [-0.4, -0.2) is 23.8 Å². The van der Waals surface area contributed by atoms with Crippen LogP contribution in [0.1, 0.15) is 26.2 Å². The van der Waals surface area contributed by atoms with Gasteiger partial charge in [-0.05, 0) is 38.3 Å². The van der Waals surface area contributed by atoms with Gasteiger partial charge in [-0.25, -0.2) is 8.78 Å². The number of benzene rings is 1. The quantitative estimate of drug-likeness (QED) is 0.758. The summed E-state index contributed by atoms with van der Waals surface area (Å²) in [7, 11) is 0. The van der Waals surface area contributed by atoms with Gasteiger partial charge in [0.1, 0.15) is 0 Å². The fraction of sp³-hybridized carbons (Fsp3) is 0.538. The predicted octanol–water partition coefficient (Wildman–Crippen LogP) is 2.29. The molecule has 2 rings (SSSR count). The third-order valence-corrected chi connectivity index (χ3v) is 3.48. The maximum absolute atomic E-state index is 13.8. The van der Waals surface area contributed by atoms with Gasteiger partial charge in [0.25, 0.3) is 0 Å². The van der Waals surface area contributed by atoms with E-state index in [4.69, 9.17) is 5.73 Å². The first kappa shape index (κ1) is 13.1. The molecule has 0 bridgehead atoms. The molecule has 5 heteroatoms. The van der Waals surface area contributed by atoms with Crippen molar-refractivity contribution in [2.75, 3.05) is 23.7 Å². The van der Waals surface area contributed by atoms with Crippen LogP contribution >= 0.6 is 0 Å². The number of rotatable bonds is 1. The summed E-state index contributed by atoms with van der Waals surface area (Å²) in [5, 5.41) is 9.99. The van der Waals surface area contributed by atoms with Gasteiger partial charge in [-0.15, -0.1) is 0 Å². The lowest BCUT2D eigenvalue weighted by Gasteiger charge is -2.26. The Morgan fingerprint density at radius 1 is 1.28 bits per heavy atom. The Morgan fingerprint density at radius 2 is 2.00 bits per heavy atom. The molecule has 1 unspecified atom stereocenters. The van der Waals surface area contributed by atoms with Crippen molar-refractivity contribution < 1.29 is 13.9 Å². The maximum Gasteiger partial charge on any atom is 0.184 e. The van der Waals surface area contributed by atoms with Crippen LogP contribution in [0.2, 0.25) is 0 Å². The molecule has 1 fully saturated rings. The molecule has 1 aliphatic rings. The third-order valence-electron chi connectivity index (χ3n) is 3.48. The first-order chi connectivity index (χ1) is 8.41. The molecule has 0 aliphatic carbocycles. The molecule has 1 saturated heterocycles. The van der Waals surface area contributed by atoms with Gasteiger partial charge in [-0.1, -0.05) is 0 Å². The van der Waals surface area contributed by atoms with Gasteiger partial charge in [0.2, 0.25) is 0 Å². The Labute approximate surface area is 105 Å². The van der Waals surface area contributed by atoms with Gasteiger partial charge in [0, 0.05) is 13.1 Å². The highest BCUT2D eigenvalue weighted by atomic mass is 19.2. The van der Waals surface area contributed by atoms with E-state index in [-0.39, 0.29) is 11.4 Å². The van der Waals surface area contributed by atoms with Crippen LogP contribution in [0.5, 0.6) is 0 Å². The van der Waals surface area contributed by atoms with E-state index >= 15 is 0 Å². The second kappa shape index (κ2) is 4.72. The molecule has 0 aromatic heterocycles. The van der Waals surface area contributed by atoms with Gasteiger partial charge >= 0.3 is 0 Å². The number of nitrogens with two attached hydrogens (primary N) is 1. The van der Waals surface area contributed by atoms with Crippen molar-refractivity contribution in [1.82, 2.24) is 0 Å². The molecule has 0 radical (unpaired) electrons. The summed E-state index contributed by atoms with van der Waals surface area (Å²) in [5.41, 5.74) is 5.34. The first-order valence-electron chi connectivity index (χ1n) is 6.11. The molecule has 3 N–H and O–H groups in total. The van der Waals surface area contributed by atoms with E-state index in [1.165, 1.54) is 6.07 Å². The van der Waals surface area contributed by atoms with E-state index in [2.05, 4.69) is 0 Å². The fourth-order valence-corrected chi connectivity index (χ4v) is 2.36. The number of aliphatic hydroxyl groups is 1. The summed E-state index contributed by atoms with van der Waals surface area (Å²) in [4.78, 5) is 1.72. The lowest BCUT2D eigenvalue weighted by atomic mass is 9.98. The summed E-state index contributed by atoms with van der Waals surface area (Å²) >= 11 is 0. The van der Waals surface area contributed by atoms with Crippen molar-refractivity contribution in [2.45, 2.75) is 31.8 Å². The minimum atomic E-state index is -0.906. The van der Waals surface area contributed by atoms with E-state index in [0.29, 0.717) is 25.9 Å². The van der Waals surface area contributed by atoms with E-state index in [1.807, 2.05) is 0 Å². The molecule has 3 nitrogen and oxygen atoms in total. The van der Waals surface area contributed by atoms with Gasteiger partial charge in [0.05, 0.1) is 17.0 Å². The minimum absolute atomic E-state index is 0.118. The Morgan fingerprint density at radius 3 is 2.72 bits per heavy atom. The van der Waals surface area contributed by atoms with E-state index < -0.39 is 17.2 Å². The molecular weight excluding hydrogens is 238 g/mol. The zero-order valence-electron chi connectivity index (χ0n) is 10.4. The lowest BCUT2D eigenvalue weighted by molar-refractivity contribution is 0.0481. The zero-order chi connectivity index (χ0) is 13.3. The average Bonchev–Trinajstić information content (AvgIpc) is 2.46. The molecule has 0 spiro atoms. The molecule has 1 atom stereocenters. The molecule has 1 aromatic rings. The van der Waals surface area contributed by atoms with Crippen LogP contribution in [0, 0.1) is 11.6 Å². The minimum Gasteiger partial charge on any atom is -0.397 e. The third kappa shape index (κ3) is 2.56. The topological polar surface area (TPSA) is 49.5 Å². The summed E-state index contributed by atoms with van der Waals surface area (Å²) in [5.74, 6) is -1.80. The number of nitrogens with zero attached hydrogens (tertiary/aromatic N) is 1. The molecule has 1 aromatic carbocycles. The van der Waals surface area contributed by atoms with Crippen LogP contribution in [0.15, 0.2) is 12.1 Å². The standard InChI is InChI=1S/C13H18F2N2O/c1-13(18)5-2-7-17(8-6-13)12-10(16)4-3-9(14)11(12)15/h3-4,18H,2,5-8,16H2,1H3. The lowest BCUT2D eigenvalue weighted by Crippen LogP contribution is -2.29. The largest absolute Gasteiger partial charge is 0.397 e. The molecular formula is C13H18F2N2O. The molecule has 0 amide bonds. The van der Waals surface area contributed by atoms with Crippen molar-refractivity contribution in [3.8, 4) is 0 Å². The Balaban J connectivity index is 2.29. The second-order valence-electron chi connectivity index (χ2n) is 5.14. The highest BCUT2D eigenvalue weighted by Gasteiger charge is 2.27. The predicted molar refractivity (Wildman–Crippen MR) is 67.5 cm³/mol. The SMILES string of the molecule is CC1(O)CCCN(c2c(N)ccc(F)c2F)CC1.